The number of carbonyl (C=O) groups is 2. The number of esters is 1. The lowest BCUT2D eigenvalue weighted by Crippen LogP contribution is -2.17. The summed E-state index contributed by atoms with van der Waals surface area (Å²) in [5, 5.41) is 11.2. The minimum atomic E-state index is -0.492. The van der Waals surface area contributed by atoms with Gasteiger partial charge >= 0.3 is 5.97 Å². The Morgan fingerprint density at radius 1 is 1.39 bits per heavy atom. The van der Waals surface area contributed by atoms with Crippen LogP contribution in [-0.4, -0.2) is 42.2 Å². The Balaban J connectivity index is 2.66. The molecular formula is C12H15NO4S. The minimum absolute atomic E-state index is 0.0384. The molecule has 0 aliphatic carbocycles. The number of aliphatic hydroxyl groups is 1. The number of methoxy groups -OCH3 is 1. The summed E-state index contributed by atoms with van der Waals surface area (Å²) >= 11 is 1.32. The van der Waals surface area contributed by atoms with Gasteiger partial charge < -0.3 is 15.2 Å². The van der Waals surface area contributed by atoms with Gasteiger partial charge in [-0.3, -0.25) is 4.79 Å². The van der Waals surface area contributed by atoms with Crippen LogP contribution in [0.4, 0.5) is 5.69 Å². The number of hydrogen-bond donors (Lipinski definition) is 2. The van der Waals surface area contributed by atoms with Crippen molar-refractivity contribution in [2.75, 3.05) is 30.5 Å². The fourth-order valence-corrected chi connectivity index (χ4v) is 1.83. The number of carbonyl (C=O) groups excluding carboxylic acids is 2. The number of anilines is 1. The largest absolute Gasteiger partial charge is 0.465 e. The Morgan fingerprint density at radius 2 is 2.11 bits per heavy atom. The molecule has 0 fully saturated rings. The molecule has 0 saturated heterocycles. The van der Waals surface area contributed by atoms with E-state index in [9.17, 15) is 9.59 Å². The average molecular weight is 269 g/mol. The molecule has 98 valence electrons. The van der Waals surface area contributed by atoms with Gasteiger partial charge in [-0.25, -0.2) is 4.79 Å². The molecule has 0 saturated carbocycles. The smallest absolute Gasteiger partial charge is 0.339 e. The highest BCUT2D eigenvalue weighted by molar-refractivity contribution is 7.99. The van der Waals surface area contributed by atoms with E-state index in [1.807, 2.05) is 0 Å². The maximum Gasteiger partial charge on any atom is 0.339 e. The molecule has 0 aliphatic rings. The molecule has 5 nitrogen and oxygen atoms in total. The van der Waals surface area contributed by atoms with E-state index in [4.69, 9.17) is 5.11 Å². The molecule has 0 radical (unpaired) electrons. The quantitative estimate of drug-likeness (QED) is 0.598. The molecule has 1 aromatic rings. The topological polar surface area (TPSA) is 75.6 Å². The van der Waals surface area contributed by atoms with E-state index in [0.29, 0.717) is 17.0 Å². The van der Waals surface area contributed by atoms with E-state index in [2.05, 4.69) is 10.1 Å². The van der Waals surface area contributed by atoms with Crippen LogP contribution in [0, 0.1) is 0 Å². The summed E-state index contributed by atoms with van der Waals surface area (Å²) in [6.07, 6.45) is 0. The molecule has 2 N–H and O–H groups in total. The van der Waals surface area contributed by atoms with Crippen molar-refractivity contribution in [2.45, 2.75) is 0 Å². The molecule has 0 aliphatic heterocycles. The number of hydrogen-bond acceptors (Lipinski definition) is 5. The minimum Gasteiger partial charge on any atom is -0.465 e. The third kappa shape index (κ3) is 4.38. The number of aliphatic hydroxyl groups excluding tert-OH is 1. The highest BCUT2D eigenvalue weighted by atomic mass is 32.2. The Bertz CT molecular complexity index is 422. The van der Waals surface area contributed by atoms with Crippen LogP contribution in [0.25, 0.3) is 0 Å². The predicted molar refractivity (Wildman–Crippen MR) is 70.8 cm³/mol. The SMILES string of the molecule is COC(=O)c1ccccc1NC(=O)CSCCO. The maximum absolute atomic E-state index is 11.6. The molecule has 1 rings (SSSR count). The molecule has 1 aromatic carbocycles. The van der Waals surface area contributed by atoms with Gasteiger partial charge in [0.05, 0.1) is 30.7 Å². The molecule has 0 bridgehead atoms. The Labute approximate surface area is 110 Å². The number of rotatable bonds is 6. The van der Waals surface area contributed by atoms with Gasteiger partial charge in [0, 0.05) is 5.75 Å². The summed E-state index contributed by atoms with van der Waals surface area (Å²) in [4.78, 5) is 23.0. The van der Waals surface area contributed by atoms with Crippen molar-refractivity contribution in [2.24, 2.45) is 0 Å². The molecular weight excluding hydrogens is 254 g/mol. The van der Waals surface area contributed by atoms with Crippen molar-refractivity contribution in [3.05, 3.63) is 29.8 Å². The zero-order valence-corrected chi connectivity index (χ0v) is 10.8. The lowest BCUT2D eigenvalue weighted by molar-refractivity contribution is -0.113. The van der Waals surface area contributed by atoms with Crippen LogP contribution in [0.5, 0.6) is 0 Å². The van der Waals surface area contributed by atoms with Crippen LogP contribution in [-0.2, 0) is 9.53 Å². The number of benzene rings is 1. The van der Waals surface area contributed by atoms with E-state index < -0.39 is 5.97 Å². The molecule has 0 aromatic heterocycles. The van der Waals surface area contributed by atoms with Gasteiger partial charge in [-0.2, -0.15) is 0 Å². The molecule has 6 heteroatoms. The van der Waals surface area contributed by atoms with E-state index in [1.54, 1.807) is 24.3 Å². The van der Waals surface area contributed by atoms with E-state index in [1.165, 1.54) is 18.9 Å². The molecule has 0 spiro atoms. The zero-order valence-electron chi connectivity index (χ0n) is 10.0. The van der Waals surface area contributed by atoms with Crippen LogP contribution < -0.4 is 5.32 Å². The van der Waals surface area contributed by atoms with E-state index in [0.717, 1.165) is 0 Å². The zero-order chi connectivity index (χ0) is 13.4. The number of thioether (sulfide) groups is 1. The second-order valence-electron chi connectivity index (χ2n) is 3.36. The summed E-state index contributed by atoms with van der Waals surface area (Å²) in [7, 11) is 1.29. The first-order valence-corrected chi connectivity index (χ1v) is 6.50. The van der Waals surface area contributed by atoms with Crippen LogP contribution >= 0.6 is 11.8 Å². The fourth-order valence-electron chi connectivity index (χ4n) is 1.30. The highest BCUT2D eigenvalue weighted by Crippen LogP contribution is 2.16. The molecule has 0 heterocycles. The third-order valence-electron chi connectivity index (χ3n) is 2.08. The maximum atomic E-state index is 11.6. The predicted octanol–water partition coefficient (Wildman–Crippen LogP) is 1.14. The van der Waals surface area contributed by atoms with Crippen molar-refractivity contribution in [1.29, 1.82) is 0 Å². The van der Waals surface area contributed by atoms with Crippen molar-refractivity contribution in [1.82, 2.24) is 0 Å². The van der Waals surface area contributed by atoms with Gasteiger partial charge in [-0.05, 0) is 12.1 Å². The van der Waals surface area contributed by atoms with Crippen LogP contribution in [0.1, 0.15) is 10.4 Å². The summed E-state index contributed by atoms with van der Waals surface area (Å²) in [6.45, 7) is 0.0384. The Morgan fingerprint density at radius 3 is 2.78 bits per heavy atom. The van der Waals surface area contributed by atoms with Gasteiger partial charge in [-0.15, -0.1) is 11.8 Å². The first kappa shape index (κ1) is 14.5. The first-order chi connectivity index (χ1) is 8.69. The second kappa shape index (κ2) is 7.73. The van der Waals surface area contributed by atoms with Crippen molar-refractivity contribution < 1.29 is 19.4 Å². The van der Waals surface area contributed by atoms with Crippen molar-refractivity contribution >= 4 is 29.3 Å². The fraction of sp³-hybridized carbons (Fsp3) is 0.333. The van der Waals surface area contributed by atoms with Crippen LogP contribution in [0.2, 0.25) is 0 Å². The van der Waals surface area contributed by atoms with Crippen LogP contribution in [0.3, 0.4) is 0 Å². The molecule has 0 unspecified atom stereocenters. The first-order valence-electron chi connectivity index (χ1n) is 5.35. The second-order valence-corrected chi connectivity index (χ2v) is 4.47. The number of ether oxygens (including phenoxy) is 1. The summed E-state index contributed by atoms with van der Waals surface area (Å²) in [6, 6.07) is 6.65. The van der Waals surface area contributed by atoms with Gasteiger partial charge in [0.25, 0.3) is 0 Å². The Hall–Kier alpha value is -1.53. The summed E-state index contributed by atoms with van der Waals surface area (Å²) in [5.41, 5.74) is 0.749. The summed E-state index contributed by atoms with van der Waals surface area (Å²) < 4.78 is 4.63. The monoisotopic (exact) mass is 269 g/mol. The normalized spacial score (nSPS) is 9.89. The Kier molecular flexibility index (Phi) is 6.24. The van der Waals surface area contributed by atoms with Crippen LogP contribution in [0.15, 0.2) is 24.3 Å². The molecule has 18 heavy (non-hydrogen) atoms. The third-order valence-corrected chi connectivity index (χ3v) is 3.01. The van der Waals surface area contributed by atoms with E-state index >= 15 is 0 Å². The van der Waals surface area contributed by atoms with Gasteiger partial charge in [0.15, 0.2) is 0 Å². The lowest BCUT2D eigenvalue weighted by Gasteiger charge is -2.09. The highest BCUT2D eigenvalue weighted by Gasteiger charge is 2.12. The van der Waals surface area contributed by atoms with Gasteiger partial charge in [0.1, 0.15) is 0 Å². The van der Waals surface area contributed by atoms with E-state index in [-0.39, 0.29) is 18.3 Å². The standard InChI is InChI=1S/C12H15NO4S/c1-17-12(16)9-4-2-3-5-10(9)13-11(15)8-18-7-6-14/h2-5,14H,6-8H2,1H3,(H,13,15). The number of amides is 1. The number of para-hydroxylation sites is 1. The molecule has 1 amide bonds. The van der Waals surface area contributed by atoms with Crippen molar-refractivity contribution in [3.63, 3.8) is 0 Å². The lowest BCUT2D eigenvalue weighted by atomic mass is 10.2. The van der Waals surface area contributed by atoms with Gasteiger partial charge in [0.2, 0.25) is 5.91 Å². The van der Waals surface area contributed by atoms with Gasteiger partial charge in [-0.1, -0.05) is 12.1 Å². The van der Waals surface area contributed by atoms with Crippen molar-refractivity contribution in [3.8, 4) is 0 Å². The summed E-state index contributed by atoms with van der Waals surface area (Å²) in [5.74, 6) is 0.0287. The number of nitrogens with one attached hydrogen (secondary N) is 1. The average Bonchev–Trinajstić information content (AvgIpc) is 2.39. The molecule has 0 atom stereocenters.